The zero-order chi connectivity index (χ0) is 27.6. The minimum atomic E-state index is -3.74. The first-order valence-electron chi connectivity index (χ1n) is 12.7. The van der Waals surface area contributed by atoms with Crippen LogP contribution in [0.25, 0.3) is 27.5 Å². The van der Waals surface area contributed by atoms with Crippen molar-refractivity contribution in [1.29, 1.82) is 0 Å². The Labute approximate surface area is 232 Å². The molecule has 1 unspecified atom stereocenters. The van der Waals surface area contributed by atoms with Crippen molar-refractivity contribution in [3.8, 4) is 21.8 Å². The number of anilines is 1. The van der Waals surface area contributed by atoms with Gasteiger partial charge in [0.15, 0.2) is 15.5 Å². The number of aromatic amines is 1. The van der Waals surface area contributed by atoms with Crippen molar-refractivity contribution in [1.82, 2.24) is 44.6 Å². The molecule has 1 amide bonds. The molecule has 0 saturated carbocycles. The molecule has 7 heterocycles. The fourth-order valence-corrected chi connectivity index (χ4v) is 7.74. The number of hydrogen-bond donors (Lipinski definition) is 2. The van der Waals surface area contributed by atoms with E-state index in [0.717, 1.165) is 35.4 Å². The molecule has 7 rings (SSSR count). The number of nitrogen functional groups attached to an aromatic ring is 1. The number of thiazole rings is 1. The number of nitrogens with one attached hydrogen (secondary N) is 1. The summed E-state index contributed by atoms with van der Waals surface area (Å²) in [6, 6.07) is 3.66. The number of piperidine rings is 1. The second-order valence-electron chi connectivity index (χ2n) is 10.1. The molecule has 2 saturated heterocycles. The highest BCUT2D eigenvalue weighted by Gasteiger charge is 2.46. The van der Waals surface area contributed by atoms with Crippen molar-refractivity contribution in [2.75, 3.05) is 12.0 Å². The van der Waals surface area contributed by atoms with Crippen LogP contribution in [0.4, 0.5) is 5.82 Å². The van der Waals surface area contributed by atoms with E-state index < -0.39 is 9.84 Å². The monoisotopic (exact) mass is 576 g/mol. The number of pyridine rings is 1. The van der Waals surface area contributed by atoms with Gasteiger partial charge in [-0.1, -0.05) is 6.07 Å². The van der Waals surface area contributed by atoms with Gasteiger partial charge in [-0.05, 0) is 31.7 Å². The number of carbonyl (C=O) groups is 1. The zero-order valence-corrected chi connectivity index (χ0v) is 22.9. The van der Waals surface area contributed by atoms with Crippen LogP contribution in [0.1, 0.15) is 47.9 Å². The van der Waals surface area contributed by atoms with Gasteiger partial charge in [0.2, 0.25) is 5.82 Å². The number of amides is 1. The van der Waals surface area contributed by atoms with Gasteiger partial charge in [-0.25, -0.2) is 23.4 Å². The molecule has 2 fully saturated rings. The summed E-state index contributed by atoms with van der Waals surface area (Å²) in [4.78, 5) is 32.8. The van der Waals surface area contributed by atoms with Crippen LogP contribution in [0.5, 0.6) is 0 Å². The molecule has 13 nitrogen and oxygen atoms in total. The van der Waals surface area contributed by atoms with Gasteiger partial charge in [-0.2, -0.15) is 14.7 Å². The Balaban J connectivity index is 1.29. The van der Waals surface area contributed by atoms with Gasteiger partial charge < -0.3 is 10.6 Å². The Morgan fingerprint density at radius 3 is 2.55 bits per heavy atom. The lowest BCUT2D eigenvalue weighted by atomic mass is 9.87. The normalized spacial score (nSPS) is 20.8. The Bertz CT molecular complexity index is 1820. The van der Waals surface area contributed by atoms with E-state index in [-0.39, 0.29) is 40.4 Å². The van der Waals surface area contributed by atoms with E-state index in [9.17, 15) is 13.2 Å². The molecule has 5 aromatic rings. The minimum absolute atomic E-state index is 0.00805. The lowest BCUT2D eigenvalue weighted by Gasteiger charge is -2.38. The Kier molecular flexibility index (Phi) is 5.67. The van der Waals surface area contributed by atoms with Gasteiger partial charge in [0.05, 0.1) is 17.6 Å². The van der Waals surface area contributed by atoms with Crippen molar-refractivity contribution in [3.63, 3.8) is 0 Å². The van der Waals surface area contributed by atoms with E-state index in [1.807, 2.05) is 22.4 Å². The topological polar surface area (TPSA) is 178 Å². The molecular formula is C25H24N10O3S2. The average Bonchev–Trinajstić information content (AvgIpc) is 3.74. The maximum atomic E-state index is 13.1. The van der Waals surface area contributed by atoms with Crippen molar-refractivity contribution in [2.45, 2.75) is 48.6 Å². The first-order chi connectivity index (χ1) is 19.3. The van der Waals surface area contributed by atoms with Crippen LogP contribution in [-0.4, -0.2) is 77.3 Å². The summed E-state index contributed by atoms with van der Waals surface area (Å²) in [5, 5.41) is 13.6. The highest BCUT2D eigenvalue weighted by atomic mass is 32.2. The van der Waals surface area contributed by atoms with Gasteiger partial charge in [0.25, 0.3) is 5.91 Å². The van der Waals surface area contributed by atoms with Crippen LogP contribution in [0.2, 0.25) is 0 Å². The number of nitrogens with zero attached hydrogens (tertiary/aromatic N) is 8. The maximum Gasteiger partial charge on any atom is 0.291 e. The van der Waals surface area contributed by atoms with Gasteiger partial charge in [-0.15, -0.1) is 11.3 Å². The molecule has 2 bridgehead atoms. The summed E-state index contributed by atoms with van der Waals surface area (Å²) >= 11 is 1.50. The third kappa shape index (κ3) is 3.95. The van der Waals surface area contributed by atoms with Crippen LogP contribution in [0.3, 0.4) is 0 Å². The van der Waals surface area contributed by atoms with Crippen molar-refractivity contribution in [3.05, 3.63) is 53.9 Å². The first-order valence-corrected chi connectivity index (χ1v) is 15.5. The van der Waals surface area contributed by atoms with Gasteiger partial charge in [-0.3, -0.25) is 14.9 Å². The molecule has 15 heteroatoms. The number of nitrogens with two attached hydrogens (primary N) is 1. The van der Waals surface area contributed by atoms with Crippen LogP contribution in [0, 0.1) is 0 Å². The van der Waals surface area contributed by atoms with Crippen LogP contribution in [-0.2, 0) is 9.84 Å². The molecule has 0 spiro atoms. The summed E-state index contributed by atoms with van der Waals surface area (Å²) in [6.07, 6.45) is 10.3. The first kappa shape index (κ1) is 24.8. The van der Waals surface area contributed by atoms with Crippen LogP contribution >= 0.6 is 11.3 Å². The Morgan fingerprint density at radius 2 is 1.93 bits per heavy atom. The number of H-pyrrole nitrogens is 1. The summed E-state index contributed by atoms with van der Waals surface area (Å²) in [6.45, 7) is 0. The van der Waals surface area contributed by atoms with E-state index >= 15 is 0 Å². The molecular weight excluding hydrogens is 552 g/mol. The molecule has 40 heavy (non-hydrogen) atoms. The smallest absolute Gasteiger partial charge is 0.291 e. The Hall–Kier alpha value is -4.24. The predicted molar refractivity (Wildman–Crippen MR) is 146 cm³/mol. The molecule has 5 aromatic heterocycles. The quantitative estimate of drug-likeness (QED) is 0.316. The third-order valence-electron chi connectivity index (χ3n) is 7.73. The SMILES string of the molecule is CS(=O)(=O)c1c(C2C[C@H]3CC[C@@H](C2)N3C(=O)c2ncn[nH]2)nc2c(-c3ccc(-c4nccs4)nc3)cnn2c1N. The minimum Gasteiger partial charge on any atom is -0.382 e. The van der Waals surface area contributed by atoms with E-state index in [4.69, 9.17) is 10.7 Å². The third-order valence-corrected chi connectivity index (χ3v) is 9.69. The number of rotatable bonds is 5. The summed E-state index contributed by atoms with van der Waals surface area (Å²) < 4.78 is 27.4. The highest BCUT2D eigenvalue weighted by Crippen LogP contribution is 2.45. The van der Waals surface area contributed by atoms with Crippen molar-refractivity contribution in [2.24, 2.45) is 0 Å². The molecule has 0 aromatic carbocycles. The van der Waals surface area contributed by atoms with E-state index in [0.29, 0.717) is 29.7 Å². The number of fused-ring (bicyclic) bond motifs is 3. The average molecular weight is 577 g/mol. The molecule has 3 atom stereocenters. The van der Waals surface area contributed by atoms with E-state index in [2.05, 4.69) is 30.2 Å². The fraction of sp³-hybridized carbons (Fsp3) is 0.320. The van der Waals surface area contributed by atoms with Crippen molar-refractivity contribution >= 4 is 38.5 Å². The molecule has 204 valence electrons. The summed E-state index contributed by atoms with van der Waals surface area (Å²) in [5.41, 5.74) is 9.58. The van der Waals surface area contributed by atoms with Crippen molar-refractivity contribution < 1.29 is 13.2 Å². The fourth-order valence-electron chi connectivity index (χ4n) is 6.07. The van der Waals surface area contributed by atoms with E-state index in [1.54, 1.807) is 18.6 Å². The lowest BCUT2D eigenvalue weighted by molar-refractivity contribution is 0.0556. The maximum absolute atomic E-state index is 13.1. The molecule has 2 aliphatic heterocycles. The summed E-state index contributed by atoms with van der Waals surface area (Å²) in [7, 11) is -3.74. The highest BCUT2D eigenvalue weighted by molar-refractivity contribution is 7.91. The lowest BCUT2D eigenvalue weighted by Crippen LogP contribution is -2.46. The number of hydrogen-bond acceptors (Lipinski definition) is 11. The number of sulfone groups is 1. The predicted octanol–water partition coefficient (Wildman–Crippen LogP) is 2.57. The van der Waals surface area contributed by atoms with Gasteiger partial charge >= 0.3 is 0 Å². The van der Waals surface area contributed by atoms with Gasteiger partial charge in [0, 0.05) is 53.2 Å². The second-order valence-corrected chi connectivity index (χ2v) is 13.0. The molecule has 2 aliphatic rings. The number of carbonyl (C=O) groups excluding carboxylic acids is 1. The molecule has 3 N–H and O–H groups in total. The molecule has 0 aliphatic carbocycles. The second kappa shape index (κ2) is 9.16. The van der Waals surface area contributed by atoms with E-state index in [1.165, 1.54) is 22.2 Å². The Morgan fingerprint density at radius 1 is 1.12 bits per heavy atom. The van der Waals surface area contributed by atoms with Crippen LogP contribution in [0.15, 0.2) is 47.3 Å². The van der Waals surface area contributed by atoms with Crippen LogP contribution < -0.4 is 5.73 Å². The summed E-state index contributed by atoms with van der Waals surface area (Å²) in [5.74, 6) is -0.175. The number of aromatic nitrogens is 8. The van der Waals surface area contributed by atoms with Gasteiger partial charge in [0.1, 0.15) is 22.0 Å². The zero-order valence-electron chi connectivity index (χ0n) is 21.3. The largest absolute Gasteiger partial charge is 0.382 e. The standard InChI is InChI=1S/C25H24N10O3S2/c1-40(37,38)20-19(14-8-15-3-4-16(9-14)34(15)25(36)22-29-12-30-33-22)32-23-17(11-31-35(23)21(20)26)13-2-5-18(28-10-13)24-27-6-7-39-24/h2,5-7,10-12,14-16H,3-4,8-9,26H2,1H3,(H,29,30,33)/t14?,15-,16+. The molecule has 0 radical (unpaired) electrons.